The minimum atomic E-state index is -0.0126. The summed E-state index contributed by atoms with van der Waals surface area (Å²) in [7, 11) is 0. The number of aryl methyl sites for hydroxylation is 1. The number of hydrogen-bond acceptors (Lipinski definition) is 2. The molecule has 2 amide bonds. The lowest BCUT2D eigenvalue weighted by atomic mass is 9.92. The molecule has 4 nitrogen and oxygen atoms in total. The SMILES string of the molecule is Cc1ccccc1C1(CNC(=O)NC2CCN(Cc3ccccc3)CC2)CC1. The average Bonchev–Trinajstić information content (AvgIpc) is 3.50. The van der Waals surface area contributed by atoms with Crippen molar-refractivity contribution in [2.75, 3.05) is 19.6 Å². The van der Waals surface area contributed by atoms with Gasteiger partial charge in [0.1, 0.15) is 0 Å². The van der Waals surface area contributed by atoms with Gasteiger partial charge in [-0.2, -0.15) is 0 Å². The van der Waals surface area contributed by atoms with Crippen LogP contribution < -0.4 is 10.6 Å². The van der Waals surface area contributed by atoms with Crippen molar-refractivity contribution in [1.82, 2.24) is 15.5 Å². The molecule has 28 heavy (non-hydrogen) atoms. The third-order valence-corrected chi connectivity index (χ3v) is 6.33. The van der Waals surface area contributed by atoms with E-state index in [0.29, 0.717) is 0 Å². The Balaban J connectivity index is 1.21. The number of benzene rings is 2. The highest BCUT2D eigenvalue weighted by molar-refractivity contribution is 5.74. The molecule has 1 aliphatic carbocycles. The Labute approximate surface area is 168 Å². The second-order valence-corrected chi connectivity index (χ2v) is 8.46. The summed E-state index contributed by atoms with van der Waals surface area (Å²) in [5, 5.41) is 6.34. The molecule has 2 aromatic rings. The van der Waals surface area contributed by atoms with Gasteiger partial charge in [0.05, 0.1) is 0 Å². The maximum atomic E-state index is 12.4. The summed E-state index contributed by atoms with van der Waals surface area (Å²) >= 11 is 0. The van der Waals surface area contributed by atoms with Crippen LogP contribution >= 0.6 is 0 Å². The first-order valence-electron chi connectivity index (χ1n) is 10.5. The molecule has 4 rings (SSSR count). The highest BCUT2D eigenvalue weighted by Crippen LogP contribution is 2.48. The Bertz CT molecular complexity index is 793. The Morgan fingerprint density at radius 1 is 1.04 bits per heavy atom. The Hall–Kier alpha value is -2.33. The molecule has 1 saturated carbocycles. The van der Waals surface area contributed by atoms with Crippen molar-refractivity contribution in [3.63, 3.8) is 0 Å². The second kappa shape index (κ2) is 8.36. The Morgan fingerprint density at radius 2 is 1.71 bits per heavy atom. The topological polar surface area (TPSA) is 44.4 Å². The molecule has 0 unspecified atom stereocenters. The van der Waals surface area contributed by atoms with Crippen molar-refractivity contribution in [3.05, 3.63) is 71.3 Å². The van der Waals surface area contributed by atoms with Gasteiger partial charge in [-0.05, 0) is 49.3 Å². The largest absolute Gasteiger partial charge is 0.337 e. The summed E-state index contributed by atoms with van der Waals surface area (Å²) in [6.45, 7) is 5.97. The van der Waals surface area contributed by atoms with E-state index in [1.807, 2.05) is 0 Å². The maximum absolute atomic E-state index is 12.4. The van der Waals surface area contributed by atoms with Crippen LogP contribution in [0.25, 0.3) is 0 Å². The van der Waals surface area contributed by atoms with E-state index in [2.05, 4.69) is 77.1 Å². The van der Waals surface area contributed by atoms with E-state index in [1.165, 1.54) is 16.7 Å². The first-order valence-corrected chi connectivity index (χ1v) is 10.5. The predicted molar refractivity (Wildman–Crippen MR) is 113 cm³/mol. The van der Waals surface area contributed by atoms with Crippen LogP contribution in [-0.2, 0) is 12.0 Å². The van der Waals surface area contributed by atoms with Gasteiger partial charge in [0.2, 0.25) is 0 Å². The number of piperidine rings is 1. The molecular weight excluding hydrogens is 346 g/mol. The van der Waals surface area contributed by atoms with Gasteiger partial charge in [-0.15, -0.1) is 0 Å². The minimum Gasteiger partial charge on any atom is -0.337 e. The van der Waals surface area contributed by atoms with Gasteiger partial charge >= 0.3 is 6.03 Å². The molecule has 0 aromatic heterocycles. The Kier molecular flexibility index (Phi) is 5.67. The van der Waals surface area contributed by atoms with Crippen LogP contribution in [0.4, 0.5) is 4.79 Å². The van der Waals surface area contributed by atoms with E-state index < -0.39 is 0 Å². The Morgan fingerprint density at radius 3 is 2.39 bits per heavy atom. The number of carbonyl (C=O) groups is 1. The lowest BCUT2D eigenvalue weighted by Gasteiger charge is -2.32. The number of nitrogens with one attached hydrogen (secondary N) is 2. The maximum Gasteiger partial charge on any atom is 0.315 e. The molecule has 0 bridgehead atoms. The van der Waals surface area contributed by atoms with Crippen LogP contribution in [0.3, 0.4) is 0 Å². The molecule has 1 heterocycles. The normalized spacial score (nSPS) is 19.2. The van der Waals surface area contributed by atoms with Crippen molar-refractivity contribution >= 4 is 6.03 Å². The highest BCUT2D eigenvalue weighted by atomic mass is 16.2. The van der Waals surface area contributed by atoms with Gasteiger partial charge in [0.15, 0.2) is 0 Å². The molecule has 1 saturated heterocycles. The summed E-state index contributed by atoms with van der Waals surface area (Å²) < 4.78 is 0. The highest BCUT2D eigenvalue weighted by Gasteiger charge is 2.45. The number of nitrogens with zero attached hydrogens (tertiary/aromatic N) is 1. The summed E-state index contributed by atoms with van der Waals surface area (Å²) in [4.78, 5) is 14.9. The fourth-order valence-electron chi connectivity index (χ4n) is 4.42. The molecule has 1 aliphatic heterocycles. The van der Waals surface area contributed by atoms with Gasteiger partial charge in [0, 0.05) is 37.6 Å². The van der Waals surface area contributed by atoms with E-state index in [-0.39, 0.29) is 17.5 Å². The van der Waals surface area contributed by atoms with Crippen LogP contribution in [-0.4, -0.2) is 36.6 Å². The van der Waals surface area contributed by atoms with E-state index in [0.717, 1.165) is 51.9 Å². The van der Waals surface area contributed by atoms with Gasteiger partial charge in [-0.25, -0.2) is 4.79 Å². The predicted octanol–water partition coefficient (Wildman–Crippen LogP) is 3.99. The van der Waals surface area contributed by atoms with Crippen molar-refractivity contribution < 1.29 is 4.79 Å². The number of amides is 2. The third-order valence-electron chi connectivity index (χ3n) is 6.33. The molecule has 2 aromatic carbocycles. The molecule has 2 fully saturated rings. The van der Waals surface area contributed by atoms with Gasteiger partial charge in [0.25, 0.3) is 0 Å². The molecule has 2 aliphatic rings. The standard InChI is InChI=1S/C24H31N3O/c1-19-7-5-6-10-22(19)24(13-14-24)18-25-23(28)26-21-11-15-27(16-12-21)17-20-8-3-2-4-9-20/h2-10,21H,11-18H2,1H3,(H2,25,26,28). The molecule has 2 N–H and O–H groups in total. The zero-order valence-corrected chi connectivity index (χ0v) is 16.8. The van der Waals surface area contributed by atoms with Crippen molar-refractivity contribution in [1.29, 1.82) is 0 Å². The van der Waals surface area contributed by atoms with Crippen LogP contribution in [0.5, 0.6) is 0 Å². The average molecular weight is 378 g/mol. The molecule has 148 valence electrons. The van der Waals surface area contributed by atoms with Gasteiger partial charge in [-0.1, -0.05) is 54.6 Å². The second-order valence-electron chi connectivity index (χ2n) is 8.46. The van der Waals surface area contributed by atoms with Crippen LogP contribution in [0.15, 0.2) is 54.6 Å². The number of likely N-dealkylation sites (tertiary alicyclic amines) is 1. The lowest BCUT2D eigenvalue weighted by Crippen LogP contribution is -2.48. The fourth-order valence-corrected chi connectivity index (χ4v) is 4.42. The summed E-state index contributed by atoms with van der Waals surface area (Å²) in [5.74, 6) is 0. The van der Waals surface area contributed by atoms with Crippen LogP contribution in [0, 0.1) is 6.92 Å². The van der Waals surface area contributed by atoms with E-state index in [1.54, 1.807) is 0 Å². The van der Waals surface area contributed by atoms with E-state index >= 15 is 0 Å². The quantitative estimate of drug-likeness (QED) is 0.799. The molecule has 4 heteroatoms. The van der Waals surface area contributed by atoms with E-state index in [9.17, 15) is 4.79 Å². The molecule has 0 spiro atoms. The molecular formula is C24H31N3O. The van der Waals surface area contributed by atoms with Crippen LogP contribution in [0.2, 0.25) is 0 Å². The molecule has 0 radical (unpaired) electrons. The van der Waals surface area contributed by atoms with Crippen LogP contribution in [0.1, 0.15) is 42.4 Å². The first kappa shape index (κ1) is 19.0. The van der Waals surface area contributed by atoms with Crippen molar-refractivity contribution in [2.24, 2.45) is 0 Å². The summed E-state index contributed by atoms with van der Waals surface area (Å²) in [6.07, 6.45) is 4.36. The lowest BCUT2D eigenvalue weighted by molar-refractivity contribution is 0.186. The summed E-state index contributed by atoms with van der Waals surface area (Å²) in [6, 6.07) is 19.4. The zero-order valence-electron chi connectivity index (χ0n) is 16.8. The number of hydrogen-bond donors (Lipinski definition) is 2. The van der Waals surface area contributed by atoms with Crippen molar-refractivity contribution in [3.8, 4) is 0 Å². The number of urea groups is 1. The zero-order chi connectivity index (χ0) is 19.4. The van der Waals surface area contributed by atoms with Crippen molar-refractivity contribution in [2.45, 2.75) is 50.6 Å². The number of carbonyl (C=O) groups excluding carboxylic acids is 1. The van der Waals surface area contributed by atoms with Gasteiger partial charge in [-0.3, -0.25) is 4.90 Å². The third kappa shape index (κ3) is 4.56. The molecule has 0 atom stereocenters. The first-order chi connectivity index (χ1) is 13.6. The number of rotatable bonds is 6. The smallest absolute Gasteiger partial charge is 0.315 e. The van der Waals surface area contributed by atoms with E-state index in [4.69, 9.17) is 0 Å². The fraction of sp³-hybridized carbons (Fsp3) is 0.458. The van der Waals surface area contributed by atoms with Gasteiger partial charge < -0.3 is 10.6 Å². The minimum absolute atomic E-state index is 0.0126. The summed E-state index contributed by atoms with van der Waals surface area (Å²) in [5.41, 5.74) is 4.23. The monoisotopic (exact) mass is 377 g/mol.